The lowest BCUT2D eigenvalue weighted by Gasteiger charge is -2.29. The number of aromatic nitrogens is 1. The molecule has 5 rings (SSSR count). The van der Waals surface area contributed by atoms with Gasteiger partial charge < -0.3 is 18.9 Å². The number of likely N-dealkylation sites (tertiary alicyclic amines) is 1. The Labute approximate surface area is 209 Å². The monoisotopic (exact) mass is 495 g/mol. The van der Waals surface area contributed by atoms with Crippen molar-refractivity contribution < 1.29 is 14.3 Å². The fraction of sp³-hybridized carbons (Fsp3) is 0.481. The van der Waals surface area contributed by atoms with Gasteiger partial charge in [-0.3, -0.25) is 9.69 Å². The van der Waals surface area contributed by atoms with Crippen LogP contribution in [0, 0.1) is 5.92 Å². The zero-order valence-corrected chi connectivity index (χ0v) is 21.3. The molecule has 0 N–H and O–H groups in total. The highest BCUT2D eigenvalue weighted by Crippen LogP contribution is 2.28. The van der Waals surface area contributed by atoms with Crippen LogP contribution in [0.15, 0.2) is 41.2 Å². The minimum Gasteiger partial charge on any atom is -0.492 e. The van der Waals surface area contributed by atoms with Crippen molar-refractivity contribution in [1.29, 1.82) is 0 Å². The van der Waals surface area contributed by atoms with Crippen LogP contribution in [0.25, 0.3) is 10.1 Å². The second-order valence-electron chi connectivity index (χ2n) is 9.67. The van der Waals surface area contributed by atoms with Crippen molar-refractivity contribution in [3.63, 3.8) is 0 Å². The summed E-state index contributed by atoms with van der Waals surface area (Å²) >= 11 is 1.81. The Balaban J connectivity index is 1.36. The van der Waals surface area contributed by atoms with Crippen molar-refractivity contribution in [3.8, 4) is 5.75 Å². The fourth-order valence-electron chi connectivity index (χ4n) is 5.34. The predicted octanol–water partition coefficient (Wildman–Crippen LogP) is 3.63. The summed E-state index contributed by atoms with van der Waals surface area (Å²) in [4.78, 5) is 31.9. The number of rotatable bonds is 6. The molecular weight excluding hydrogens is 462 g/mol. The molecule has 7 nitrogen and oxygen atoms in total. The van der Waals surface area contributed by atoms with Crippen LogP contribution in [0.4, 0.5) is 0 Å². The third-order valence-electron chi connectivity index (χ3n) is 7.13. The second-order valence-corrected chi connectivity index (χ2v) is 10.8. The summed E-state index contributed by atoms with van der Waals surface area (Å²) in [6.45, 7) is 5.43. The Morgan fingerprint density at radius 3 is 2.80 bits per heavy atom. The number of benzene rings is 1. The number of carbonyl (C=O) groups is 1. The molecule has 2 aliphatic heterocycles. The van der Waals surface area contributed by atoms with Gasteiger partial charge in [-0.1, -0.05) is 18.2 Å². The predicted molar refractivity (Wildman–Crippen MR) is 139 cm³/mol. The first-order valence-corrected chi connectivity index (χ1v) is 13.2. The highest BCUT2D eigenvalue weighted by molar-refractivity contribution is 7.19. The Kier molecular flexibility index (Phi) is 7.22. The molecule has 1 fully saturated rings. The molecule has 0 saturated carbocycles. The lowest BCUT2D eigenvalue weighted by Crippen LogP contribution is -2.35. The number of piperidine rings is 1. The number of hydrogen-bond acceptors (Lipinski definition) is 7. The molecule has 0 unspecified atom stereocenters. The molecule has 1 aromatic carbocycles. The van der Waals surface area contributed by atoms with E-state index in [1.807, 2.05) is 11.3 Å². The molecule has 0 amide bonds. The summed E-state index contributed by atoms with van der Waals surface area (Å²) in [6, 6.07) is 12.1. The summed E-state index contributed by atoms with van der Waals surface area (Å²) < 4.78 is 14.3. The van der Waals surface area contributed by atoms with Crippen molar-refractivity contribution in [3.05, 3.63) is 62.9 Å². The maximum atomic E-state index is 13.1. The Bertz CT molecular complexity index is 1230. The van der Waals surface area contributed by atoms with Crippen molar-refractivity contribution in [2.75, 3.05) is 46.9 Å². The third-order valence-corrected chi connectivity index (χ3v) is 8.23. The number of methoxy groups -OCH3 is 1. The SMILES string of the molecule is COC(=O)c1c(OC[C@@H]2CCCN(C)C2)cc(=O)n2c1CCN(Cc1cc3ccccc3s1)CC2. The minimum atomic E-state index is -0.442. The summed E-state index contributed by atoms with van der Waals surface area (Å²) in [5.74, 6) is 0.305. The molecule has 0 aliphatic carbocycles. The molecule has 2 aliphatic rings. The Hall–Kier alpha value is -2.68. The van der Waals surface area contributed by atoms with Crippen LogP contribution < -0.4 is 10.3 Å². The van der Waals surface area contributed by atoms with Crippen molar-refractivity contribution in [2.24, 2.45) is 5.92 Å². The van der Waals surface area contributed by atoms with Gasteiger partial charge in [-0.15, -0.1) is 11.3 Å². The smallest absolute Gasteiger partial charge is 0.343 e. The van der Waals surface area contributed by atoms with Crippen LogP contribution in [0.2, 0.25) is 0 Å². The number of fused-ring (bicyclic) bond motifs is 2. The number of pyridine rings is 1. The highest BCUT2D eigenvalue weighted by Gasteiger charge is 2.27. The van der Waals surface area contributed by atoms with Gasteiger partial charge >= 0.3 is 5.97 Å². The molecule has 1 atom stereocenters. The van der Waals surface area contributed by atoms with E-state index >= 15 is 0 Å². The van der Waals surface area contributed by atoms with Crippen LogP contribution in [-0.4, -0.2) is 67.3 Å². The molecule has 0 spiro atoms. The molecule has 186 valence electrons. The maximum Gasteiger partial charge on any atom is 0.343 e. The maximum absolute atomic E-state index is 13.1. The van der Waals surface area contributed by atoms with Crippen LogP contribution >= 0.6 is 11.3 Å². The summed E-state index contributed by atoms with van der Waals surface area (Å²) in [7, 11) is 3.50. The van der Waals surface area contributed by atoms with Gasteiger partial charge in [-0.05, 0) is 44.0 Å². The second kappa shape index (κ2) is 10.5. The zero-order valence-electron chi connectivity index (χ0n) is 20.5. The van der Waals surface area contributed by atoms with Gasteiger partial charge in [-0.25, -0.2) is 4.79 Å². The minimum absolute atomic E-state index is 0.118. The van der Waals surface area contributed by atoms with Gasteiger partial charge in [0.05, 0.1) is 13.7 Å². The number of ether oxygens (including phenoxy) is 2. The molecule has 4 heterocycles. The van der Waals surface area contributed by atoms with E-state index in [1.165, 1.54) is 28.1 Å². The van der Waals surface area contributed by atoms with Gasteiger partial charge in [0.2, 0.25) is 0 Å². The van der Waals surface area contributed by atoms with Crippen LogP contribution in [-0.2, 0) is 24.2 Å². The third kappa shape index (κ3) is 5.29. The molecule has 1 saturated heterocycles. The van der Waals surface area contributed by atoms with Gasteiger partial charge in [-0.2, -0.15) is 0 Å². The summed E-state index contributed by atoms with van der Waals surface area (Å²) in [6.07, 6.45) is 2.82. The van der Waals surface area contributed by atoms with E-state index < -0.39 is 5.97 Å². The van der Waals surface area contributed by atoms with E-state index in [0.717, 1.165) is 51.3 Å². The van der Waals surface area contributed by atoms with E-state index in [1.54, 1.807) is 4.57 Å². The highest BCUT2D eigenvalue weighted by atomic mass is 32.1. The van der Waals surface area contributed by atoms with E-state index in [4.69, 9.17) is 9.47 Å². The first-order chi connectivity index (χ1) is 17.0. The Morgan fingerprint density at radius 1 is 1.14 bits per heavy atom. The van der Waals surface area contributed by atoms with Crippen LogP contribution in [0.3, 0.4) is 0 Å². The molecule has 8 heteroatoms. The lowest BCUT2D eigenvalue weighted by atomic mass is 9.99. The number of hydrogen-bond donors (Lipinski definition) is 0. The van der Waals surface area contributed by atoms with E-state index in [0.29, 0.717) is 36.8 Å². The standard InChI is InChI=1S/C27H33N3O4S/c1-28-10-5-6-19(16-28)18-34-23-15-25(31)30-13-12-29(11-9-22(30)26(23)27(32)33-2)17-21-14-20-7-3-4-8-24(20)35-21/h3-4,7-8,14-15,19H,5-6,9-13,16-18H2,1-2H3/t19-/m1/s1. The van der Waals surface area contributed by atoms with E-state index in [9.17, 15) is 9.59 Å². The molecule has 0 radical (unpaired) electrons. The average Bonchev–Trinajstić information content (AvgIpc) is 3.15. The molecule has 0 bridgehead atoms. The first-order valence-electron chi connectivity index (χ1n) is 12.4. The molecule has 3 aromatic rings. The van der Waals surface area contributed by atoms with Gasteiger partial charge in [0.1, 0.15) is 11.3 Å². The number of nitrogens with zero attached hydrogens (tertiary/aromatic N) is 3. The van der Waals surface area contributed by atoms with Crippen LogP contribution in [0.5, 0.6) is 5.75 Å². The number of thiophene rings is 1. The number of carbonyl (C=O) groups excluding carboxylic acids is 1. The van der Waals surface area contributed by atoms with E-state index in [2.05, 4.69) is 47.2 Å². The van der Waals surface area contributed by atoms with Gasteiger partial charge in [0.15, 0.2) is 0 Å². The summed E-state index contributed by atoms with van der Waals surface area (Å²) in [5.41, 5.74) is 1.01. The van der Waals surface area contributed by atoms with Crippen LogP contribution in [0.1, 0.15) is 33.8 Å². The molecule has 35 heavy (non-hydrogen) atoms. The lowest BCUT2D eigenvalue weighted by molar-refractivity contribution is 0.0590. The first kappa shape index (κ1) is 24.0. The van der Waals surface area contributed by atoms with Crippen molar-refractivity contribution in [2.45, 2.75) is 32.4 Å². The van der Waals surface area contributed by atoms with E-state index in [-0.39, 0.29) is 5.56 Å². The average molecular weight is 496 g/mol. The number of esters is 1. The topological polar surface area (TPSA) is 64.0 Å². The zero-order chi connectivity index (χ0) is 24.4. The summed E-state index contributed by atoms with van der Waals surface area (Å²) in [5, 5.41) is 1.26. The Morgan fingerprint density at radius 2 is 2.00 bits per heavy atom. The quantitative estimate of drug-likeness (QED) is 0.487. The fourth-order valence-corrected chi connectivity index (χ4v) is 6.45. The molecular formula is C27H33N3O4S. The molecule has 2 aromatic heterocycles. The van der Waals surface area contributed by atoms with Gasteiger partial charge in [0.25, 0.3) is 5.56 Å². The van der Waals surface area contributed by atoms with Crippen molar-refractivity contribution >= 4 is 27.4 Å². The largest absolute Gasteiger partial charge is 0.492 e. The normalized spacial score (nSPS) is 19.3. The van der Waals surface area contributed by atoms with Crippen molar-refractivity contribution in [1.82, 2.24) is 14.4 Å². The van der Waals surface area contributed by atoms with Gasteiger partial charge in [0, 0.05) is 66.4 Å².